The zero-order valence-electron chi connectivity index (χ0n) is 13.9. The molecule has 2 aliphatic rings. The highest BCUT2D eigenvalue weighted by atomic mass is 16.1. The Labute approximate surface area is 141 Å². The number of piperazine rings is 1. The summed E-state index contributed by atoms with van der Waals surface area (Å²) in [6.07, 6.45) is 2.66. The van der Waals surface area contributed by atoms with E-state index < -0.39 is 5.91 Å². The third kappa shape index (κ3) is 2.38. The van der Waals surface area contributed by atoms with E-state index in [1.165, 1.54) is 11.3 Å². The van der Waals surface area contributed by atoms with Crippen LogP contribution in [0.5, 0.6) is 0 Å². The van der Waals surface area contributed by atoms with Gasteiger partial charge in [0.25, 0.3) is 5.91 Å². The number of carbonyl (C=O) groups excluding carboxylic acids is 1. The minimum Gasteiger partial charge on any atom is -0.365 e. The van der Waals surface area contributed by atoms with Crippen LogP contribution in [0.2, 0.25) is 0 Å². The van der Waals surface area contributed by atoms with Crippen molar-refractivity contribution in [1.82, 2.24) is 9.97 Å². The summed E-state index contributed by atoms with van der Waals surface area (Å²) >= 11 is 0. The quantitative estimate of drug-likeness (QED) is 0.930. The van der Waals surface area contributed by atoms with E-state index in [1.807, 2.05) is 0 Å². The third-order valence-corrected chi connectivity index (χ3v) is 5.10. The van der Waals surface area contributed by atoms with Gasteiger partial charge >= 0.3 is 0 Å². The van der Waals surface area contributed by atoms with E-state index in [4.69, 9.17) is 5.73 Å². The van der Waals surface area contributed by atoms with Crippen molar-refractivity contribution in [3.05, 3.63) is 47.3 Å². The lowest BCUT2D eigenvalue weighted by molar-refractivity contribution is 0.0999. The molecule has 2 aliphatic heterocycles. The summed E-state index contributed by atoms with van der Waals surface area (Å²) in [5, 5.41) is 0. The summed E-state index contributed by atoms with van der Waals surface area (Å²) in [7, 11) is 0. The number of amides is 1. The van der Waals surface area contributed by atoms with Crippen LogP contribution in [0.25, 0.3) is 0 Å². The number of aromatic nitrogens is 2. The predicted molar refractivity (Wildman–Crippen MR) is 93.4 cm³/mol. The molecule has 2 saturated heterocycles. The van der Waals surface area contributed by atoms with Gasteiger partial charge in [-0.3, -0.25) is 4.79 Å². The molecule has 0 unspecified atom stereocenters. The van der Waals surface area contributed by atoms with Crippen LogP contribution in [-0.2, 0) is 0 Å². The largest absolute Gasteiger partial charge is 0.365 e. The monoisotopic (exact) mass is 323 g/mol. The van der Waals surface area contributed by atoms with Crippen molar-refractivity contribution in [2.24, 2.45) is 5.73 Å². The minimum atomic E-state index is -0.479. The molecule has 1 amide bonds. The van der Waals surface area contributed by atoms with Crippen molar-refractivity contribution in [1.29, 1.82) is 0 Å². The highest BCUT2D eigenvalue weighted by Gasteiger charge is 2.44. The van der Waals surface area contributed by atoms with Gasteiger partial charge in [0.05, 0.1) is 17.3 Å². The number of primary amides is 1. The molecular formula is C18H21N5O. The van der Waals surface area contributed by atoms with Crippen LogP contribution in [0.4, 0.5) is 11.6 Å². The van der Waals surface area contributed by atoms with E-state index in [-0.39, 0.29) is 0 Å². The number of anilines is 2. The SMILES string of the molecule is Cc1ccc(N2C[C@@H]3C[C@H]2CN3c2ncc(C(N)=O)c(C)n2)cc1. The maximum atomic E-state index is 11.3. The number of benzene rings is 1. The molecule has 2 bridgehead atoms. The van der Waals surface area contributed by atoms with Gasteiger partial charge in [-0.1, -0.05) is 17.7 Å². The minimum absolute atomic E-state index is 0.393. The summed E-state index contributed by atoms with van der Waals surface area (Å²) in [6, 6.07) is 9.61. The summed E-state index contributed by atoms with van der Waals surface area (Å²) in [6.45, 7) is 5.80. The van der Waals surface area contributed by atoms with E-state index in [0.717, 1.165) is 19.5 Å². The molecule has 1 aromatic carbocycles. The number of carbonyl (C=O) groups is 1. The van der Waals surface area contributed by atoms with Crippen molar-refractivity contribution in [3.8, 4) is 0 Å². The van der Waals surface area contributed by atoms with E-state index in [0.29, 0.717) is 29.3 Å². The van der Waals surface area contributed by atoms with Crippen molar-refractivity contribution in [2.75, 3.05) is 22.9 Å². The predicted octanol–water partition coefficient (Wildman–Crippen LogP) is 1.66. The number of hydrogen-bond acceptors (Lipinski definition) is 5. The Kier molecular flexibility index (Phi) is 3.40. The first-order valence-electron chi connectivity index (χ1n) is 8.26. The number of rotatable bonds is 3. The van der Waals surface area contributed by atoms with Gasteiger partial charge in [0.1, 0.15) is 0 Å². The van der Waals surface area contributed by atoms with Gasteiger partial charge in [-0.2, -0.15) is 0 Å². The zero-order valence-corrected chi connectivity index (χ0v) is 13.9. The van der Waals surface area contributed by atoms with Crippen LogP contribution >= 0.6 is 0 Å². The summed E-state index contributed by atoms with van der Waals surface area (Å²) in [5.41, 5.74) is 8.94. The van der Waals surface area contributed by atoms with Gasteiger partial charge in [0.15, 0.2) is 0 Å². The second-order valence-electron chi connectivity index (χ2n) is 6.72. The first-order valence-corrected chi connectivity index (χ1v) is 8.26. The van der Waals surface area contributed by atoms with Gasteiger partial charge in [-0.15, -0.1) is 0 Å². The van der Waals surface area contributed by atoms with E-state index >= 15 is 0 Å². The lowest BCUT2D eigenvalue weighted by Gasteiger charge is -2.35. The normalized spacial score (nSPS) is 22.2. The van der Waals surface area contributed by atoms with Gasteiger partial charge in [0.2, 0.25) is 5.95 Å². The Morgan fingerprint density at radius 2 is 1.79 bits per heavy atom. The number of nitrogens with zero attached hydrogens (tertiary/aromatic N) is 4. The van der Waals surface area contributed by atoms with Crippen LogP contribution < -0.4 is 15.5 Å². The Balaban J connectivity index is 1.53. The first-order chi connectivity index (χ1) is 11.5. The van der Waals surface area contributed by atoms with E-state index in [1.54, 1.807) is 13.1 Å². The van der Waals surface area contributed by atoms with Crippen molar-refractivity contribution >= 4 is 17.5 Å². The van der Waals surface area contributed by atoms with Crippen LogP contribution in [0.3, 0.4) is 0 Å². The molecule has 2 N–H and O–H groups in total. The fourth-order valence-corrected chi connectivity index (χ4v) is 3.80. The van der Waals surface area contributed by atoms with Gasteiger partial charge < -0.3 is 15.5 Å². The molecular weight excluding hydrogens is 302 g/mol. The van der Waals surface area contributed by atoms with Crippen LogP contribution in [0.1, 0.15) is 28.0 Å². The second kappa shape index (κ2) is 5.47. The molecule has 124 valence electrons. The van der Waals surface area contributed by atoms with E-state index in [2.05, 4.69) is 51.0 Å². The Morgan fingerprint density at radius 3 is 2.38 bits per heavy atom. The third-order valence-electron chi connectivity index (χ3n) is 5.10. The van der Waals surface area contributed by atoms with Crippen LogP contribution in [-0.4, -0.2) is 41.0 Å². The van der Waals surface area contributed by atoms with Crippen molar-refractivity contribution in [2.45, 2.75) is 32.4 Å². The van der Waals surface area contributed by atoms with Gasteiger partial charge in [-0.05, 0) is 32.4 Å². The van der Waals surface area contributed by atoms with Crippen LogP contribution in [0, 0.1) is 13.8 Å². The average Bonchev–Trinajstić information content (AvgIpc) is 3.15. The highest BCUT2D eigenvalue weighted by Crippen LogP contribution is 2.36. The molecule has 6 heteroatoms. The Morgan fingerprint density at radius 1 is 1.12 bits per heavy atom. The summed E-state index contributed by atoms with van der Waals surface area (Å²) < 4.78 is 0. The molecule has 2 fully saturated rings. The average molecular weight is 323 g/mol. The molecule has 24 heavy (non-hydrogen) atoms. The number of hydrogen-bond donors (Lipinski definition) is 1. The molecule has 0 radical (unpaired) electrons. The zero-order chi connectivity index (χ0) is 16.8. The highest BCUT2D eigenvalue weighted by molar-refractivity contribution is 5.93. The molecule has 6 nitrogen and oxygen atoms in total. The number of aryl methyl sites for hydroxylation is 2. The molecule has 2 aromatic rings. The molecule has 2 atom stereocenters. The maximum absolute atomic E-state index is 11.3. The van der Waals surface area contributed by atoms with Crippen molar-refractivity contribution < 1.29 is 4.79 Å². The topological polar surface area (TPSA) is 75.3 Å². The number of nitrogens with two attached hydrogens (primary N) is 1. The fourth-order valence-electron chi connectivity index (χ4n) is 3.80. The molecule has 0 aliphatic carbocycles. The Hall–Kier alpha value is -2.63. The first kappa shape index (κ1) is 14.9. The molecule has 1 aromatic heterocycles. The molecule has 0 spiro atoms. The van der Waals surface area contributed by atoms with Crippen LogP contribution in [0.15, 0.2) is 30.5 Å². The molecule has 0 saturated carbocycles. The van der Waals surface area contributed by atoms with Gasteiger partial charge in [0, 0.05) is 31.0 Å². The Bertz CT molecular complexity index is 788. The smallest absolute Gasteiger partial charge is 0.252 e. The lowest BCUT2D eigenvalue weighted by Crippen LogP contribution is -2.47. The molecule has 4 rings (SSSR count). The summed E-state index contributed by atoms with van der Waals surface area (Å²) in [4.78, 5) is 24.9. The van der Waals surface area contributed by atoms with Crippen molar-refractivity contribution in [3.63, 3.8) is 0 Å². The number of fused-ring (bicyclic) bond motifs is 2. The standard InChI is InChI=1S/C18H21N5O/c1-11-3-5-13(6-4-11)22-9-15-7-14(22)10-23(15)18-20-8-16(17(19)24)12(2)21-18/h3-6,8,14-15H,7,9-10H2,1-2H3,(H2,19,24)/t14-,15-/m0/s1. The molecule has 3 heterocycles. The lowest BCUT2D eigenvalue weighted by atomic mass is 10.2. The second-order valence-corrected chi connectivity index (χ2v) is 6.72. The summed E-state index contributed by atoms with van der Waals surface area (Å²) in [5.74, 6) is 0.223. The maximum Gasteiger partial charge on any atom is 0.252 e. The van der Waals surface area contributed by atoms with E-state index in [9.17, 15) is 4.79 Å². The fraction of sp³-hybridized carbons (Fsp3) is 0.389. The van der Waals surface area contributed by atoms with Gasteiger partial charge in [-0.25, -0.2) is 9.97 Å².